The third kappa shape index (κ3) is 3.57. The van der Waals surface area contributed by atoms with E-state index in [1.54, 1.807) is 0 Å². The van der Waals surface area contributed by atoms with Gasteiger partial charge >= 0.3 is 6.03 Å². The first-order chi connectivity index (χ1) is 14.9. The molecule has 2 aliphatic rings. The van der Waals surface area contributed by atoms with Crippen molar-refractivity contribution >= 4 is 35.1 Å². The smallest absolute Gasteiger partial charge is 0.325 e. The van der Waals surface area contributed by atoms with Crippen LogP contribution in [-0.2, 0) is 21.5 Å². The predicted molar refractivity (Wildman–Crippen MR) is 114 cm³/mol. The van der Waals surface area contributed by atoms with Crippen molar-refractivity contribution in [3.8, 4) is 11.5 Å². The standard InChI is InChI=1S/C22H22ClN3O5/c1-30-17-11-16(18(31-2)10-15(17)23)24-19(27)12-26-20(28)22(25-21(26)29)9-5-7-13-6-3-4-8-14(13)22/h3-4,6,8,10-11H,5,7,9,12H2,1-2H3,(H,24,27)(H,25,29). The minimum Gasteiger partial charge on any atom is -0.495 e. The lowest BCUT2D eigenvalue weighted by Gasteiger charge is -2.33. The van der Waals surface area contributed by atoms with Gasteiger partial charge in [0.1, 0.15) is 23.6 Å². The first kappa shape index (κ1) is 21.0. The Morgan fingerprint density at radius 3 is 2.68 bits per heavy atom. The van der Waals surface area contributed by atoms with E-state index in [-0.39, 0.29) is 0 Å². The maximum absolute atomic E-state index is 13.3. The van der Waals surface area contributed by atoms with E-state index < -0.39 is 29.9 Å². The molecule has 0 saturated carbocycles. The van der Waals surface area contributed by atoms with E-state index in [9.17, 15) is 14.4 Å². The van der Waals surface area contributed by atoms with Gasteiger partial charge in [-0.2, -0.15) is 0 Å². The molecule has 2 aromatic rings. The second-order valence-corrected chi connectivity index (χ2v) is 7.88. The van der Waals surface area contributed by atoms with E-state index in [2.05, 4.69) is 10.6 Å². The number of urea groups is 1. The number of hydrogen-bond acceptors (Lipinski definition) is 5. The topological polar surface area (TPSA) is 97.0 Å². The molecule has 1 spiro atoms. The zero-order chi connectivity index (χ0) is 22.2. The molecule has 8 nitrogen and oxygen atoms in total. The summed E-state index contributed by atoms with van der Waals surface area (Å²) in [4.78, 5) is 39.7. The Kier molecular flexibility index (Phi) is 5.49. The summed E-state index contributed by atoms with van der Waals surface area (Å²) in [7, 11) is 2.89. The fourth-order valence-electron chi connectivity index (χ4n) is 4.25. The highest BCUT2D eigenvalue weighted by atomic mass is 35.5. The van der Waals surface area contributed by atoms with Crippen molar-refractivity contribution in [1.82, 2.24) is 10.2 Å². The Morgan fingerprint density at radius 2 is 1.94 bits per heavy atom. The van der Waals surface area contributed by atoms with Crippen molar-refractivity contribution in [2.24, 2.45) is 0 Å². The van der Waals surface area contributed by atoms with Crippen LogP contribution in [0.3, 0.4) is 0 Å². The van der Waals surface area contributed by atoms with Crippen LogP contribution in [0.1, 0.15) is 24.0 Å². The lowest BCUT2D eigenvalue weighted by Crippen LogP contribution is -2.47. The average Bonchev–Trinajstić information content (AvgIpc) is 2.99. The van der Waals surface area contributed by atoms with Gasteiger partial charge in [0.05, 0.1) is 24.9 Å². The number of fused-ring (bicyclic) bond motifs is 2. The number of nitrogens with zero attached hydrogens (tertiary/aromatic N) is 1. The molecule has 162 valence electrons. The van der Waals surface area contributed by atoms with E-state index in [0.717, 1.165) is 28.9 Å². The number of methoxy groups -OCH3 is 2. The highest BCUT2D eigenvalue weighted by molar-refractivity contribution is 6.32. The SMILES string of the molecule is COc1cc(NC(=O)CN2C(=O)NC3(CCCc4ccccc43)C2=O)c(OC)cc1Cl. The number of hydrogen-bond donors (Lipinski definition) is 2. The van der Waals surface area contributed by atoms with Crippen LogP contribution in [0.15, 0.2) is 36.4 Å². The van der Waals surface area contributed by atoms with Gasteiger partial charge in [-0.25, -0.2) is 4.79 Å². The number of anilines is 1. The van der Waals surface area contributed by atoms with E-state index in [4.69, 9.17) is 21.1 Å². The van der Waals surface area contributed by atoms with Crippen LogP contribution in [0.5, 0.6) is 11.5 Å². The van der Waals surface area contributed by atoms with Crippen LogP contribution >= 0.6 is 11.6 Å². The number of halogens is 1. The molecule has 0 aromatic heterocycles. The summed E-state index contributed by atoms with van der Waals surface area (Å²) in [6, 6.07) is 10.0. The summed E-state index contributed by atoms with van der Waals surface area (Å²) in [5.74, 6) is -0.285. The fraction of sp³-hybridized carbons (Fsp3) is 0.318. The number of carbonyl (C=O) groups excluding carboxylic acids is 3. The molecular formula is C22H22ClN3O5. The molecule has 4 amide bonds. The van der Waals surface area contributed by atoms with E-state index in [0.29, 0.717) is 28.6 Å². The molecule has 2 aromatic carbocycles. The Labute approximate surface area is 184 Å². The third-order valence-corrected chi connectivity index (χ3v) is 6.00. The van der Waals surface area contributed by atoms with Crippen LogP contribution in [-0.4, -0.2) is 43.5 Å². The minimum atomic E-state index is -1.12. The van der Waals surface area contributed by atoms with Crippen LogP contribution in [0, 0.1) is 0 Å². The van der Waals surface area contributed by atoms with Crippen molar-refractivity contribution in [3.05, 3.63) is 52.5 Å². The van der Waals surface area contributed by atoms with Crippen molar-refractivity contribution in [3.63, 3.8) is 0 Å². The number of carbonyl (C=O) groups is 3. The van der Waals surface area contributed by atoms with Crippen LogP contribution < -0.4 is 20.1 Å². The van der Waals surface area contributed by atoms with E-state index >= 15 is 0 Å². The van der Waals surface area contributed by atoms with Crippen LogP contribution in [0.25, 0.3) is 0 Å². The summed E-state index contributed by atoms with van der Waals surface area (Å²) in [5.41, 5.74) is 1.03. The van der Waals surface area contributed by atoms with Gasteiger partial charge in [0.2, 0.25) is 5.91 Å². The maximum atomic E-state index is 13.3. The van der Waals surface area contributed by atoms with Gasteiger partial charge in [-0.15, -0.1) is 0 Å². The van der Waals surface area contributed by atoms with Gasteiger partial charge in [-0.1, -0.05) is 35.9 Å². The Hall–Kier alpha value is -3.26. The fourth-order valence-corrected chi connectivity index (χ4v) is 4.48. The lowest BCUT2D eigenvalue weighted by atomic mass is 9.76. The molecule has 1 aliphatic carbocycles. The normalized spacial score (nSPS) is 19.8. The molecule has 1 heterocycles. The predicted octanol–water partition coefficient (Wildman–Crippen LogP) is 3.08. The summed E-state index contributed by atoms with van der Waals surface area (Å²) in [6.45, 7) is -0.428. The summed E-state index contributed by atoms with van der Waals surface area (Å²) in [5, 5.41) is 5.83. The number of imide groups is 1. The molecule has 31 heavy (non-hydrogen) atoms. The molecule has 1 fully saturated rings. The zero-order valence-electron chi connectivity index (χ0n) is 17.2. The maximum Gasteiger partial charge on any atom is 0.325 e. The highest BCUT2D eigenvalue weighted by Gasteiger charge is 2.54. The van der Waals surface area contributed by atoms with Crippen LogP contribution in [0.2, 0.25) is 5.02 Å². The third-order valence-electron chi connectivity index (χ3n) is 5.70. The molecule has 1 unspecified atom stereocenters. The largest absolute Gasteiger partial charge is 0.495 e. The molecule has 9 heteroatoms. The number of benzene rings is 2. The van der Waals surface area contributed by atoms with Crippen molar-refractivity contribution in [2.75, 3.05) is 26.1 Å². The second-order valence-electron chi connectivity index (χ2n) is 7.47. The average molecular weight is 444 g/mol. The van der Waals surface area contributed by atoms with E-state index in [1.165, 1.54) is 26.4 Å². The van der Waals surface area contributed by atoms with Gasteiger partial charge in [-0.3, -0.25) is 14.5 Å². The Balaban J connectivity index is 1.55. The Morgan fingerprint density at radius 1 is 1.19 bits per heavy atom. The van der Waals surface area contributed by atoms with Gasteiger partial charge < -0.3 is 20.1 Å². The second kappa shape index (κ2) is 8.11. The number of aryl methyl sites for hydroxylation is 1. The van der Waals surface area contributed by atoms with Gasteiger partial charge in [0, 0.05) is 12.1 Å². The molecule has 1 aliphatic heterocycles. The molecule has 1 atom stereocenters. The zero-order valence-corrected chi connectivity index (χ0v) is 17.9. The molecule has 4 rings (SSSR count). The first-order valence-corrected chi connectivity index (χ1v) is 10.2. The molecule has 2 N–H and O–H groups in total. The number of nitrogens with one attached hydrogen (secondary N) is 2. The molecule has 1 saturated heterocycles. The van der Waals surface area contributed by atoms with Gasteiger partial charge in [0.25, 0.3) is 5.91 Å². The summed E-state index contributed by atoms with van der Waals surface area (Å²) in [6.07, 6.45) is 2.11. The van der Waals surface area contributed by atoms with Crippen LogP contribution in [0.4, 0.5) is 10.5 Å². The van der Waals surface area contributed by atoms with Crippen molar-refractivity contribution in [2.45, 2.75) is 24.8 Å². The first-order valence-electron chi connectivity index (χ1n) is 9.83. The van der Waals surface area contributed by atoms with Crippen molar-refractivity contribution in [1.29, 1.82) is 0 Å². The lowest BCUT2D eigenvalue weighted by molar-refractivity contribution is -0.134. The van der Waals surface area contributed by atoms with Crippen molar-refractivity contribution < 1.29 is 23.9 Å². The number of rotatable bonds is 5. The minimum absolute atomic E-state index is 0.318. The van der Waals surface area contributed by atoms with E-state index in [1.807, 2.05) is 24.3 Å². The highest BCUT2D eigenvalue weighted by Crippen LogP contribution is 2.40. The summed E-state index contributed by atoms with van der Waals surface area (Å²) < 4.78 is 10.4. The molecule has 0 radical (unpaired) electrons. The number of amides is 4. The number of ether oxygens (including phenoxy) is 2. The van der Waals surface area contributed by atoms with Gasteiger partial charge in [0.15, 0.2) is 0 Å². The molecular weight excluding hydrogens is 422 g/mol. The Bertz CT molecular complexity index is 1070. The monoisotopic (exact) mass is 443 g/mol. The quantitative estimate of drug-likeness (QED) is 0.692. The summed E-state index contributed by atoms with van der Waals surface area (Å²) >= 11 is 6.09. The van der Waals surface area contributed by atoms with Gasteiger partial charge in [-0.05, 0) is 30.4 Å². The molecule has 0 bridgehead atoms.